The number of pyridine rings is 1. The molecule has 0 bridgehead atoms. The van der Waals surface area contributed by atoms with Crippen LogP contribution in [0.4, 0.5) is 14.5 Å². The van der Waals surface area contributed by atoms with Crippen LogP contribution in [0.1, 0.15) is 23.8 Å². The summed E-state index contributed by atoms with van der Waals surface area (Å²) in [6, 6.07) is 7.58. The van der Waals surface area contributed by atoms with E-state index in [1.807, 2.05) is 6.07 Å². The number of aromatic nitrogens is 1. The molecule has 0 spiro atoms. The zero-order valence-corrected chi connectivity index (χ0v) is 11.5. The summed E-state index contributed by atoms with van der Waals surface area (Å²) in [6.07, 6.45) is 1.71. The molecule has 0 aliphatic carbocycles. The van der Waals surface area contributed by atoms with Crippen LogP contribution in [-0.4, -0.2) is 23.2 Å². The number of hydrogen-bond donors (Lipinski definition) is 1. The second-order valence-electron chi connectivity index (χ2n) is 5.22. The van der Waals surface area contributed by atoms with Gasteiger partial charge in [-0.05, 0) is 42.7 Å². The molecule has 0 saturated heterocycles. The summed E-state index contributed by atoms with van der Waals surface area (Å²) in [5.74, 6) is -0.670. The van der Waals surface area contributed by atoms with Gasteiger partial charge in [-0.25, -0.2) is 8.78 Å². The number of benzene rings is 1. The predicted molar refractivity (Wildman–Crippen MR) is 76.1 cm³/mol. The molecule has 1 aromatic carbocycles. The van der Waals surface area contributed by atoms with Crippen molar-refractivity contribution in [3.05, 3.63) is 59.4 Å². The largest absolute Gasteiger partial charge is 0.387 e. The van der Waals surface area contributed by atoms with Crippen molar-refractivity contribution < 1.29 is 13.9 Å². The molecule has 0 saturated carbocycles. The van der Waals surface area contributed by atoms with Gasteiger partial charge in [0, 0.05) is 18.8 Å². The van der Waals surface area contributed by atoms with Gasteiger partial charge in [0.25, 0.3) is 0 Å². The molecule has 1 aliphatic rings. The molecule has 1 N–H and O–H groups in total. The van der Waals surface area contributed by atoms with Gasteiger partial charge in [0.1, 0.15) is 11.6 Å². The molecule has 21 heavy (non-hydrogen) atoms. The van der Waals surface area contributed by atoms with Gasteiger partial charge in [-0.2, -0.15) is 0 Å². The molecule has 3 rings (SSSR count). The van der Waals surface area contributed by atoms with Crippen LogP contribution in [0.5, 0.6) is 0 Å². The maximum atomic E-state index is 13.3. The maximum absolute atomic E-state index is 13.3. The van der Waals surface area contributed by atoms with Crippen LogP contribution in [0.25, 0.3) is 0 Å². The second kappa shape index (κ2) is 5.77. The smallest absolute Gasteiger partial charge is 0.141 e. The number of aliphatic hydroxyl groups is 1. The van der Waals surface area contributed by atoms with Gasteiger partial charge in [-0.15, -0.1) is 0 Å². The van der Waals surface area contributed by atoms with Gasteiger partial charge in [0.2, 0.25) is 0 Å². The highest BCUT2D eigenvalue weighted by Gasteiger charge is 2.20. The van der Waals surface area contributed by atoms with Crippen LogP contribution in [-0.2, 0) is 6.42 Å². The molecule has 1 aromatic heterocycles. The van der Waals surface area contributed by atoms with Gasteiger partial charge in [-0.3, -0.25) is 4.98 Å². The summed E-state index contributed by atoms with van der Waals surface area (Å²) in [6.45, 7) is 1.43. The van der Waals surface area contributed by atoms with E-state index in [-0.39, 0.29) is 5.82 Å². The predicted octanol–water partition coefficient (Wildman–Crippen LogP) is 2.85. The highest BCUT2D eigenvalue weighted by Crippen LogP contribution is 2.29. The molecule has 0 fully saturated rings. The van der Waals surface area contributed by atoms with E-state index < -0.39 is 11.9 Å². The van der Waals surface area contributed by atoms with Crippen LogP contribution in [0.15, 0.2) is 36.5 Å². The standard InChI is InChI=1S/C16H16F2N2O/c17-12-2-1-11-5-7-20(15(11)9-12)8-6-16(21)14-4-3-13(18)10-19-14/h1-4,9-10,16,21H,5-8H2. The van der Waals surface area contributed by atoms with E-state index in [0.29, 0.717) is 18.7 Å². The fourth-order valence-electron chi connectivity index (χ4n) is 2.66. The Kier molecular flexibility index (Phi) is 3.84. The van der Waals surface area contributed by atoms with Crippen molar-refractivity contribution in [2.45, 2.75) is 18.9 Å². The summed E-state index contributed by atoms with van der Waals surface area (Å²) in [7, 11) is 0. The van der Waals surface area contributed by atoms with Crippen molar-refractivity contribution in [3.63, 3.8) is 0 Å². The van der Waals surface area contributed by atoms with Crippen LogP contribution in [0, 0.1) is 11.6 Å². The topological polar surface area (TPSA) is 36.4 Å². The Morgan fingerprint density at radius 3 is 2.76 bits per heavy atom. The lowest BCUT2D eigenvalue weighted by Gasteiger charge is -2.21. The van der Waals surface area contributed by atoms with E-state index >= 15 is 0 Å². The molecule has 110 valence electrons. The van der Waals surface area contributed by atoms with Gasteiger partial charge in [-0.1, -0.05) is 6.07 Å². The minimum Gasteiger partial charge on any atom is -0.387 e. The number of aliphatic hydroxyl groups excluding tert-OH is 1. The Morgan fingerprint density at radius 1 is 1.19 bits per heavy atom. The number of rotatable bonds is 4. The normalized spacial score (nSPS) is 15.1. The minimum atomic E-state index is -0.747. The fraction of sp³-hybridized carbons (Fsp3) is 0.312. The number of hydrogen-bond acceptors (Lipinski definition) is 3. The fourth-order valence-corrected chi connectivity index (χ4v) is 2.66. The van der Waals surface area contributed by atoms with Crippen molar-refractivity contribution in [1.82, 2.24) is 4.98 Å². The molecule has 3 nitrogen and oxygen atoms in total. The molecule has 2 aromatic rings. The van der Waals surface area contributed by atoms with Crippen LogP contribution in [0.2, 0.25) is 0 Å². The van der Waals surface area contributed by atoms with E-state index in [1.54, 1.807) is 0 Å². The molecule has 0 amide bonds. The molecule has 1 atom stereocenters. The maximum Gasteiger partial charge on any atom is 0.141 e. The van der Waals surface area contributed by atoms with Gasteiger partial charge in [0.15, 0.2) is 0 Å². The SMILES string of the molecule is OC(CCN1CCc2ccc(F)cc21)c1ccc(F)cn1. The lowest BCUT2D eigenvalue weighted by atomic mass is 10.1. The third-order valence-electron chi connectivity index (χ3n) is 3.80. The quantitative estimate of drug-likeness (QED) is 0.940. The van der Waals surface area contributed by atoms with Crippen molar-refractivity contribution in [2.24, 2.45) is 0 Å². The first kappa shape index (κ1) is 13.9. The first-order chi connectivity index (χ1) is 10.1. The zero-order chi connectivity index (χ0) is 14.8. The molecular weight excluding hydrogens is 274 g/mol. The average Bonchev–Trinajstić information content (AvgIpc) is 2.88. The minimum absolute atomic E-state index is 0.249. The van der Waals surface area contributed by atoms with Gasteiger partial charge >= 0.3 is 0 Å². The van der Waals surface area contributed by atoms with E-state index in [2.05, 4.69) is 9.88 Å². The molecule has 1 unspecified atom stereocenters. The van der Waals surface area contributed by atoms with E-state index in [4.69, 9.17) is 0 Å². The van der Waals surface area contributed by atoms with Crippen molar-refractivity contribution in [1.29, 1.82) is 0 Å². The zero-order valence-electron chi connectivity index (χ0n) is 11.5. The third-order valence-corrected chi connectivity index (χ3v) is 3.80. The van der Waals surface area contributed by atoms with Crippen LogP contribution in [0.3, 0.4) is 0 Å². The summed E-state index contributed by atoms with van der Waals surface area (Å²) in [5, 5.41) is 10.1. The molecule has 1 aliphatic heterocycles. The Balaban J connectivity index is 1.64. The van der Waals surface area contributed by atoms with Crippen molar-refractivity contribution >= 4 is 5.69 Å². The van der Waals surface area contributed by atoms with Gasteiger partial charge in [0.05, 0.1) is 18.0 Å². The van der Waals surface area contributed by atoms with Crippen molar-refractivity contribution in [2.75, 3.05) is 18.0 Å². The second-order valence-corrected chi connectivity index (χ2v) is 5.22. The summed E-state index contributed by atoms with van der Waals surface area (Å²) < 4.78 is 26.1. The Hall–Kier alpha value is -2.01. The Bertz CT molecular complexity index is 631. The molecule has 2 heterocycles. The summed E-state index contributed by atoms with van der Waals surface area (Å²) >= 11 is 0. The highest BCUT2D eigenvalue weighted by molar-refractivity contribution is 5.58. The number of anilines is 1. The molecular formula is C16H16F2N2O. The van der Waals surface area contributed by atoms with Gasteiger partial charge < -0.3 is 10.0 Å². The van der Waals surface area contributed by atoms with E-state index in [9.17, 15) is 13.9 Å². The molecule has 5 heteroatoms. The Morgan fingerprint density at radius 2 is 2.00 bits per heavy atom. The number of nitrogens with zero attached hydrogens (tertiary/aromatic N) is 2. The molecule has 0 radical (unpaired) electrons. The summed E-state index contributed by atoms with van der Waals surface area (Å²) in [5.41, 5.74) is 2.48. The first-order valence-electron chi connectivity index (χ1n) is 6.96. The first-order valence-corrected chi connectivity index (χ1v) is 6.96. The lowest BCUT2D eigenvalue weighted by Crippen LogP contribution is -2.23. The monoisotopic (exact) mass is 290 g/mol. The highest BCUT2D eigenvalue weighted by atomic mass is 19.1. The number of halogens is 2. The van der Waals surface area contributed by atoms with Crippen molar-refractivity contribution in [3.8, 4) is 0 Å². The average molecular weight is 290 g/mol. The van der Waals surface area contributed by atoms with E-state index in [0.717, 1.165) is 30.4 Å². The van der Waals surface area contributed by atoms with Crippen LogP contribution >= 0.6 is 0 Å². The third kappa shape index (κ3) is 3.03. The van der Waals surface area contributed by atoms with Crippen LogP contribution < -0.4 is 4.90 Å². The summed E-state index contributed by atoms with van der Waals surface area (Å²) in [4.78, 5) is 5.94. The van der Waals surface area contributed by atoms with E-state index in [1.165, 1.54) is 24.3 Å². The lowest BCUT2D eigenvalue weighted by molar-refractivity contribution is 0.164. The number of fused-ring (bicyclic) bond motifs is 1. The Labute approximate surface area is 121 Å².